The number of carbonyl (C=O) groups is 3. The van der Waals surface area contributed by atoms with Crippen LogP contribution in [0.2, 0.25) is 0 Å². The highest BCUT2D eigenvalue weighted by atomic mass is 32.1. The van der Waals surface area contributed by atoms with Crippen LogP contribution in [0.25, 0.3) is 10.4 Å². The summed E-state index contributed by atoms with van der Waals surface area (Å²) < 4.78 is 4.72. The van der Waals surface area contributed by atoms with Crippen molar-refractivity contribution >= 4 is 40.5 Å². The average molecular weight is 508 g/mol. The molecular weight excluding hydrogens is 478 g/mol. The number of methoxy groups -OCH3 is 1. The van der Waals surface area contributed by atoms with Crippen LogP contribution in [0.3, 0.4) is 0 Å². The Hall–Kier alpha value is -3.98. The van der Waals surface area contributed by atoms with Gasteiger partial charge >= 0.3 is 5.97 Å². The molecule has 2 amide bonds. The van der Waals surface area contributed by atoms with Gasteiger partial charge in [-0.25, -0.2) is 10.2 Å². The second-order valence-corrected chi connectivity index (χ2v) is 10.1. The summed E-state index contributed by atoms with van der Waals surface area (Å²) in [7, 11) is 1.23. The van der Waals surface area contributed by atoms with Crippen LogP contribution in [0.4, 0.5) is 5.69 Å². The van der Waals surface area contributed by atoms with Crippen LogP contribution in [0.15, 0.2) is 52.9 Å². The smallest absolute Gasteiger partial charge is 0.339 e. The van der Waals surface area contributed by atoms with Gasteiger partial charge < -0.3 is 15.2 Å². The third-order valence-electron chi connectivity index (χ3n) is 5.49. The summed E-state index contributed by atoms with van der Waals surface area (Å²) in [4.78, 5) is 36.9. The molecule has 0 aliphatic carbocycles. The van der Waals surface area contributed by atoms with E-state index in [1.807, 2.05) is 12.1 Å². The topological polar surface area (TPSA) is 117 Å². The molecule has 0 bridgehead atoms. The van der Waals surface area contributed by atoms with Crippen molar-refractivity contribution in [2.24, 2.45) is 5.10 Å². The fourth-order valence-corrected chi connectivity index (χ4v) is 4.47. The van der Waals surface area contributed by atoms with Gasteiger partial charge in [0.2, 0.25) is 5.91 Å². The van der Waals surface area contributed by atoms with E-state index in [1.54, 1.807) is 12.3 Å². The molecule has 2 aromatic carbocycles. The average Bonchev–Trinajstić information content (AvgIpc) is 3.22. The molecule has 1 aromatic heterocycles. The van der Waals surface area contributed by atoms with E-state index in [9.17, 15) is 19.5 Å². The first-order chi connectivity index (χ1) is 16.9. The molecule has 0 unspecified atom stereocenters. The maximum Gasteiger partial charge on any atom is 0.339 e. The number of nitrogens with one attached hydrogen (secondary N) is 2. The maximum atomic E-state index is 12.7. The standard InChI is InChI=1S/C27H29N3O5S/c1-15(21-14-36-24(23(21)32)17-7-10-19(11-8-17)27(3,4)5)29-30-25(33)18-9-12-20(26(34)35-6)22(13-18)28-16(2)31/h7-14,32H,1-6H3,(H,28,31)(H,30,33)/b29-15+. The Morgan fingerprint density at radius 1 is 1.00 bits per heavy atom. The summed E-state index contributed by atoms with van der Waals surface area (Å²) in [5.74, 6) is -1.50. The molecule has 0 atom stereocenters. The third kappa shape index (κ3) is 5.98. The van der Waals surface area contributed by atoms with Gasteiger partial charge in [-0.3, -0.25) is 9.59 Å². The van der Waals surface area contributed by atoms with Crippen molar-refractivity contribution in [1.82, 2.24) is 5.43 Å². The number of ether oxygens (including phenoxy) is 1. The molecule has 0 aliphatic rings. The van der Waals surface area contributed by atoms with Crippen LogP contribution in [-0.4, -0.2) is 35.7 Å². The lowest BCUT2D eigenvalue weighted by Gasteiger charge is -2.19. The molecule has 0 radical (unpaired) electrons. The van der Waals surface area contributed by atoms with Crippen LogP contribution in [0.5, 0.6) is 5.75 Å². The highest BCUT2D eigenvalue weighted by Gasteiger charge is 2.19. The van der Waals surface area contributed by atoms with Crippen LogP contribution >= 0.6 is 11.3 Å². The Morgan fingerprint density at radius 3 is 2.25 bits per heavy atom. The van der Waals surface area contributed by atoms with Gasteiger partial charge in [-0.1, -0.05) is 45.0 Å². The van der Waals surface area contributed by atoms with Crippen LogP contribution in [0, 0.1) is 0 Å². The van der Waals surface area contributed by atoms with Crippen LogP contribution in [0.1, 0.15) is 66.5 Å². The molecule has 8 nitrogen and oxygen atoms in total. The molecule has 0 fully saturated rings. The number of nitrogens with zero attached hydrogens (tertiary/aromatic N) is 1. The lowest BCUT2D eigenvalue weighted by molar-refractivity contribution is -0.114. The number of benzene rings is 2. The number of rotatable bonds is 6. The minimum absolute atomic E-state index is 0.0329. The molecule has 9 heteroatoms. The van der Waals surface area contributed by atoms with Gasteiger partial charge in [-0.2, -0.15) is 5.10 Å². The molecule has 1 heterocycles. The first-order valence-corrected chi connectivity index (χ1v) is 12.1. The number of carbonyl (C=O) groups excluding carboxylic acids is 3. The lowest BCUT2D eigenvalue weighted by Crippen LogP contribution is -2.20. The Bertz CT molecular complexity index is 1330. The SMILES string of the molecule is COC(=O)c1ccc(C(=O)N/N=C(\C)c2csc(-c3ccc(C(C)(C)C)cc3)c2O)cc1NC(C)=O. The molecule has 0 saturated heterocycles. The molecule has 0 aliphatic heterocycles. The van der Waals surface area contributed by atoms with Crippen molar-refractivity contribution in [3.63, 3.8) is 0 Å². The largest absolute Gasteiger partial charge is 0.506 e. The monoisotopic (exact) mass is 507 g/mol. The number of hydrazone groups is 1. The first kappa shape index (κ1) is 26.6. The molecular formula is C27H29N3O5S. The second-order valence-electron chi connectivity index (χ2n) is 9.23. The van der Waals surface area contributed by atoms with Gasteiger partial charge in [-0.15, -0.1) is 11.3 Å². The number of amides is 2. The second kappa shape index (κ2) is 10.7. The Morgan fingerprint density at radius 2 is 1.67 bits per heavy atom. The number of thiophene rings is 1. The minimum atomic E-state index is -0.642. The van der Waals surface area contributed by atoms with Gasteiger partial charge in [0.05, 0.1) is 34.5 Å². The van der Waals surface area contributed by atoms with E-state index in [0.29, 0.717) is 16.2 Å². The summed E-state index contributed by atoms with van der Waals surface area (Å²) >= 11 is 1.39. The zero-order valence-corrected chi connectivity index (χ0v) is 21.9. The number of anilines is 1. The van der Waals surface area contributed by atoms with Gasteiger partial charge in [0.1, 0.15) is 5.75 Å². The number of hydrogen-bond donors (Lipinski definition) is 3. The van der Waals surface area contributed by atoms with E-state index in [4.69, 9.17) is 4.74 Å². The normalized spacial score (nSPS) is 11.7. The summed E-state index contributed by atoms with van der Waals surface area (Å²) in [5, 5.41) is 19.3. The van der Waals surface area contributed by atoms with E-state index >= 15 is 0 Å². The minimum Gasteiger partial charge on any atom is -0.506 e. The van der Waals surface area contributed by atoms with Crippen molar-refractivity contribution in [3.05, 3.63) is 70.1 Å². The van der Waals surface area contributed by atoms with Gasteiger partial charge in [0.25, 0.3) is 5.91 Å². The van der Waals surface area contributed by atoms with Crippen molar-refractivity contribution in [3.8, 4) is 16.2 Å². The van der Waals surface area contributed by atoms with Crippen molar-refractivity contribution in [2.75, 3.05) is 12.4 Å². The predicted molar refractivity (Wildman–Crippen MR) is 142 cm³/mol. The molecule has 3 N–H and O–H groups in total. The van der Waals surface area contributed by atoms with E-state index in [0.717, 1.165) is 5.56 Å². The first-order valence-electron chi connectivity index (χ1n) is 11.2. The van der Waals surface area contributed by atoms with E-state index in [1.165, 1.54) is 49.1 Å². The maximum absolute atomic E-state index is 12.7. The Kier molecular flexibility index (Phi) is 7.94. The molecule has 0 saturated carbocycles. The van der Waals surface area contributed by atoms with Crippen LogP contribution < -0.4 is 10.7 Å². The van der Waals surface area contributed by atoms with E-state index < -0.39 is 17.8 Å². The predicted octanol–water partition coefficient (Wildman–Crippen LogP) is 5.32. The number of esters is 1. The fraction of sp³-hybridized carbons (Fsp3) is 0.259. The van der Waals surface area contributed by atoms with Gasteiger partial charge in [-0.05, 0) is 41.7 Å². The number of aromatic hydroxyl groups is 1. The van der Waals surface area contributed by atoms with Gasteiger partial charge in [0, 0.05) is 17.9 Å². The van der Waals surface area contributed by atoms with Crippen molar-refractivity contribution in [1.29, 1.82) is 0 Å². The van der Waals surface area contributed by atoms with Crippen molar-refractivity contribution in [2.45, 2.75) is 40.0 Å². The Labute approximate surface area is 214 Å². The molecule has 0 spiro atoms. The van der Waals surface area contributed by atoms with Crippen LogP contribution in [-0.2, 0) is 14.9 Å². The molecule has 3 aromatic rings. The highest BCUT2D eigenvalue weighted by Crippen LogP contribution is 2.39. The Balaban J connectivity index is 1.80. The lowest BCUT2D eigenvalue weighted by atomic mass is 9.86. The molecule has 3 rings (SSSR count). The summed E-state index contributed by atoms with van der Waals surface area (Å²) in [6.07, 6.45) is 0. The van der Waals surface area contributed by atoms with E-state index in [-0.39, 0.29) is 28.0 Å². The quantitative estimate of drug-likeness (QED) is 0.237. The van der Waals surface area contributed by atoms with Gasteiger partial charge in [0.15, 0.2) is 0 Å². The third-order valence-corrected chi connectivity index (χ3v) is 6.51. The zero-order chi connectivity index (χ0) is 26.6. The van der Waals surface area contributed by atoms with Crippen molar-refractivity contribution < 1.29 is 24.2 Å². The molecule has 36 heavy (non-hydrogen) atoms. The molecule has 188 valence electrons. The van der Waals surface area contributed by atoms with E-state index in [2.05, 4.69) is 48.7 Å². The summed E-state index contributed by atoms with van der Waals surface area (Å²) in [6, 6.07) is 12.3. The zero-order valence-electron chi connectivity index (χ0n) is 21.1. The summed E-state index contributed by atoms with van der Waals surface area (Å²) in [6.45, 7) is 9.40. The summed E-state index contributed by atoms with van der Waals surface area (Å²) in [5.41, 5.74) is 5.96. The number of hydrogen-bond acceptors (Lipinski definition) is 7. The highest BCUT2D eigenvalue weighted by molar-refractivity contribution is 7.14. The fourth-order valence-electron chi connectivity index (χ4n) is 3.46.